The van der Waals surface area contributed by atoms with Crippen LogP contribution in [0.15, 0.2) is 30.0 Å². The molecule has 1 spiro atoms. The Bertz CT molecular complexity index is 1040. The van der Waals surface area contributed by atoms with Crippen LogP contribution in [0.3, 0.4) is 0 Å². The Morgan fingerprint density at radius 2 is 2.19 bits per heavy atom. The van der Waals surface area contributed by atoms with E-state index in [2.05, 4.69) is 5.48 Å². The molecule has 2 bridgehead atoms. The molecule has 0 radical (unpaired) electrons. The lowest BCUT2D eigenvalue weighted by Gasteiger charge is -2.43. The summed E-state index contributed by atoms with van der Waals surface area (Å²) < 4.78 is 52.8. The van der Waals surface area contributed by atoms with E-state index in [1.54, 1.807) is 13.0 Å². The number of rotatable bonds is 4. The third-order valence-corrected chi connectivity index (χ3v) is 6.66. The van der Waals surface area contributed by atoms with E-state index in [-0.39, 0.29) is 18.2 Å². The first-order valence-electron chi connectivity index (χ1n) is 10.0. The molecule has 4 aliphatic heterocycles. The smallest absolute Gasteiger partial charge is 0.357 e. The van der Waals surface area contributed by atoms with Crippen molar-refractivity contribution in [3.05, 3.63) is 41.1 Å². The number of halogens is 3. The predicted octanol–water partition coefficient (Wildman–Crippen LogP) is 2.87. The average molecular weight is 435 g/mol. The molecular formula is C21H20F3N3O4. The Hall–Kier alpha value is -2.61. The molecule has 0 saturated carbocycles. The number of hydroxylamine groups is 1. The third kappa shape index (κ3) is 2.60. The minimum atomic E-state index is -4.72. The zero-order valence-electron chi connectivity index (χ0n) is 16.8. The molecule has 0 unspecified atom stereocenters. The maximum absolute atomic E-state index is 13.5. The summed E-state index contributed by atoms with van der Waals surface area (Å²) in [5.41, 5.74) is 0.361. The van der Waals surface area contributed by atoms with Crippen LogP contribution in [-0.2, 0) is 25.3 Å². The maximum Gasteiger partial charge on any atom is 0.417 e. The van der Waals surface area contributed by atoms with E-state index in [0.29, 0.717) is 13.0 Å². The van der Waals surface area contributed by atoms with Gasteiger partial charge in [0.2, 0.25) is 5.91 Å². The maximum atomic E-state index is 13.5. The Morgan fingerprint density at radius 1 is 1.42 bits per heavy atom. The quantitative estimate of drug-likeness (QED) is 0.733. The highest BCUT2D eigenvalue weighted by atomic mass is 19.4. The summed E-state index contributed by atoms with van der Waals surface area (Å²) in [6, 6.07) is 4.86. The second kappa shape index (κ2) is 6.45. The summed E-state index contributed by atoms with van der Waals surface area (Å²) in [5.74, 6) is -1.36. The molecule has 10 heteroatoms. The van der Waals surface area contributed by atoms with Crippen molar-refractivity contribution in [3.63, 3.8) is 0 Å². The van der Waals surface area contributed by atoms with Crippen molar-refractivity contribution < 1.29 is 32.3 Å². The molecule has 4 heterocycles. The Balaban J connectivity index is 1.58. The largest absolute Gasteiger partial charge is 0.417 e. The molecule has 3 saturated heterocycles. The van der Waals surface area contributed by atoms with Gasteiger partial charge in [-0.2, -0.15) is 18.4 Å². The normalized spacial score (nSPS) is 35.7. The van der Waals surface area contributed by atoms with Crippen LogP contribution in [0.4, 0.5) is 18.9 Å². The molecule has 7 nitrogen and oxygen atoms in total. The highest BCUT2D eigenvalue weighted by molar-refractivity contribution is 6.00. The van der Waals surface area contributed by atoms with Crippen molar-refractivity contribution in [2.24, 2.45) is 11.8 Å². The van der Waals surface area contributed by atoms with Gasteiger partial charge in [0.15, 0.2) is 0 Å². The molecule has 4 aliphatic rings. The molecule has 31 heavy (non-hydrogen) atoms. The van der Waals surface area contributed by atoms with Crippen molar-refractivity contribution in [2.45, 2.75) is 43.9 Å². The van der Waals surface area contributed by atoms with Gasteiger partial charge in [0.05, 0.1) is 53.5 Å². The van der Waals surface area contributed by atoms with E-state index >= 15 is 0 Å². The Kier molecular flexibility index (Phi) is 4.22. The minimum absolute atomic E-state index is 0.0510. The summed E-state index contributed by atoms with van der Waals surface area (Å²) in [4.78, 5) is 20.2. The topological polar surface area (TPSA) is 83.8 Å². The molecule has 5 atom stereocenters. The molecule has 1 amide bonds. The van der Waals surface area contributed by atoms with Gasteiger partial charge in [0.25, 0.3) is 0 Å². The van der Waals surface area contributed by atoms with Gasteiger partial charge in [-0.15, -0.1) is 0 Å². The number of fused-ring (bicyclic) bond motifs is 2. The van der Waals surface area contributed by atoms with E-state index in [0.717, 1.165) is 17.8 Å². The fourth-order valence-electron chi connectivity index (χ4n) is 5.56. The van der Waals surface area contributed by atoms with E-state index in [1.165, 1.54) is 11.0 Å². The second-order valence-corrected chi connectivity index (χ2v) is 8.33. The standard InChI is InChI=1S/C21H20F3N3O4/c1-3-30-26-14-9-19(2)15-16-18(29-7-6-20(14,16)31-19)27(17(15)28)12-5-4-11(10-25)13(8-12)21(22,23)24/h4-5,8-9,15-16,18,26H,3,6-7H2,1-2H3/t15-,16+,18+,19-,20+/m1/s1. The predicted molar refractivity (Wildman–Crippen MR) is 100 cm³/mol. The number of nitrogens with zero attached hydrogens (tertiary/aromatic N) is 2. The van der Waals surface area contributed by atoms with Crippen molar-refractivity contribution >= 4 is 11.6 Å². The first-order valence-corrected chi connectivity index (χ1v) is 10.0. The van der Waals surface area contributed by atoms with E-state index in [9.17, 15) is 18.0 Å². The van der Waals surface area contributed by atoms with Crippen LogP contribution in [0.1, 0.15) is 31.4 Å². The van der Waals surface area contributed by atoms with Crippen molar-refractivity contribution in [3.8, 4) is 6.07 Å². The summed E-state index contributed by atoms with van der Waals surface area (Å²) in [5, 5.41) is 9.08. The molecule has 5 rings (SSSR count). The van der Waals surface area contributed by atoms with Crippen LogP contribution >= 0.6 is 0 Å². The number of nitriles is 1. The summed E-state index contributed by atoms with van der Waals surface area (Å²) >= 11 is 0. The van der Waals surface area contributed by atoms with Gasteiger partial charge in [-0.1, -0.05) is 0 Å². The number of amides is 1. The number of nitrogens with one attached hydrogen (secondary N) is 1. The number of carbonyl (C=O) groups excluding carboxylic acids is 1. The fourth-order valence-corrected chi connectivity index (χ4v) is 5.56. The number of anilines is 1. The molecule has 1 N–H and O–H groups in total. The van der Waals surface area contributed by atoms with Crippen LogP contribution in [-0.4, -0.2) is 36.6 Å². The van der Waals surface area contributed by atoms with Crippen LogP contribution in [0.25, 0.3) is 0 Å². The third-order valence-electron chi connectivity index (χ3n) is 6.66. The molecule has 0 aromatic heterocycles. The molecule has 3 fully saturated rings. The summed E-state index contributed by atoms with van der Waals surface area (Å²) in [6.45, 7) is 4.33. The second-order valence-electron chi connectivity index (χ2n) is 8.33. The van der Waals surface area contributed by atoms with Crippen molar-refractivity contribution in [1.29, 1.82) is 5.26 Å². The summed E-state index contributed by atoms with van der Waals surface area (Å²) in [7, 11) is 0. The van der Waals surface area contributed by atoms with E-state index < -0.39 is 46.6 Å². The van der Waals surface area contributed by atoms with Crippen LogP contribution in [0.2, 0.25) is 0 Å². The number of ether oxygens (including phenoxy) is 2. The van der Waals surface area contributed by atoms with E-state index in [1.807, 2.05) is 13.0 Å². The zero-order valence-corrected chi connectivity index (χ0v) is 16.8. The van der Waals surface area contributed by atoms with Crippen LogP contribution in [0.5, 0.6) is 0 Å². The van der Waals surface area contributed by atoms with Gasteiger partial charge in [-0.3, -0.25) is 20.0 Å². The lowest BCUT2D eigenvalue weighted by molar-refractivity contribution is -0.140. The van der Waals surface area contributed by atoms with Gasteiger partial charge in [0, 0.05) is 12.1 Å². The van der Waals surface area contributed by atoms with Gasteiger partial charge >= 0.3 is 6.18 Å². The lowest BCUT2D eigenvalue weighted by atomic mass is 9.68. The number of hydrogen-bond acceptors (Lipinski definition) is 6. The van der Waals surface area contributed by atoms with Crippen molar-refractivity contribution in [1.82, 2.24) is 5.48 Å². The fraction of sp³-hybridized carbons (Fsp3) is 0.524. The molecule has 164 valence electrons. The first kappa shape index (κ1) is 20.3. The first-order chi connectivity index (χ1) is 14.7. The zero-order chi connectivity index (χ0) is 22.2. The van der Waals surface area contributed by atoms with Gasteiger partial charge < -0.3 is 9.47 Å². The molecule has 1 aromatic carbocycles. The van der Waals surface area contributed by atoms with Crippen LogP contribution < -0.4 is 10.4 Å². The van der Waals surface area contributed by atoms with E-state index in [4.69, 9.17) is 19.6 Å². The highest BCUT2D eigenvalue weighted by Gasteiger charge is 2.76. The molecule has 0 aliphatic carbocycles. The Morgan fingerprint density at radius 3 is 2.87 bits per heavy atom. The SMILES string of the molecule is CCONC1=C[C@@]2(C)O[C@@]13CCO[C@H]1[C@@H]3[C@@H]2C(=O)N1c1ccc(C#N)c(C(F)(F)F)c1. The highest BCUT2D eigenvalue weighted by Crippen LogP contribution is 2.64. The minimum Gasteiger partial charge on any atom is -0.357 e. The van der Waals surface area contributed by atoms with Gasteiger partial charge in [0.1, 0.15) is 11.8 Å². The molecule has 1 aromatic rings. The number of hydrogen-bond donors (Lipinski definition) is 1. The Labute approximate surface area is 176 Å². The number of benzene rings is 1. The lowest BCUT2D eigenvalue weighted by Crippen LogP contribution is -2.54. The van der Waals surface area contributed by atoms with Gasteiger partial charge in [-0.25, -0.2) is 0 Å². The number of carbonyl (C=O) groups is 1. The van der Waals surface area contributed by atoms with Crippen molar-refractivity contribution in [2.75, 3.05) is 18.1 Å². The summed E-state index contributed by atoms with van der Waals surface area (Å²) in [6.07, 6.45) is -3.17. The average Bonchev–Trinajstić information content (AvgIpc) is 3.29. The van der Waals surface area contributed by atoms with Gasteiger partial charge in [-0.05, 0) is 38.1 Å². The van der Waals surface area contributed by atoms with Crippen LogP contribution in [0, 0.1) is 23.2 Å². The number of alkyl halides is 3. The monoisotopic (exact) mass is 435 g/mol. The molecular weight excluding hydrogens is 415 g/mol.